The Kier molecular flexibility index (Phi) is 9.87. The number of carbonyl (C=O) groups is 2. The number of nitrogens with one attached hydrogen (secondary N) is 3. The Morgan fingerprint density at radius 2 is 1.86 bits per heavy atom. The zero-order valence-electron chi connectivity index (χ0n) is 20.7. The number of hydrogen-bond donors (Lipinski definition) is 4. The minimum absolute atomic E-state index is 0.00194. The van der Waals surface area contributed by atoms with Crippen molar-refractivity contribution in [3.05, 3.63) is 47.5 Å². The van der Waals surface area contributed by atoms with E-state index in [0.29, 0.717) is 36.4 Å². The zero-order valence-corrected chi connectivity index (χ0v) is 20.7. The van der Waals surface area contributed by atoms with Crippen molar-refractivity contribution >= 4 is 41.0 Å². The summed E-state index contributed by atoms with van der Waals surface area (Å²) in [5, 5.41) is 25.4. The second-order valence-corrected chi connectivity index (χ2v) is 9.15. The molecule has 0 aliphatic heterocycles. The number of aliphatic imine (C=N–C) groups is 1. The molecule has 0 heterocycles. The van der Waals surface area contributed by atoms with Crippen LogP contribution in [-0.2, 0) is 4.79 Å². The third-order valence-corrected chi connectivity index (χ3v) is 4.92. The standard InChI is InChI=1S/C25H30F2N6O3/c1-25(2,3)13-21(35)33(4)17-7-9-18(29-10-5-11-34)20(12-17)30-15-31-24(36)32-19-8-6-16(14-28)22(26)23(19)27/h6-9,12,15,29,34H,5,10-11,13H2,1-4H3,(H2,30,31,32,36). The fourth-order valence-electron chi connectivity index (χ4n) is 3.05. The molecule has 9 nitrogen and oxygen atoms in total. The van der Waals surface area contributed by atoms with Gasteiger partial charge in [-0.2, -0.15) is 5.26 Å². The van der Waals surface area contributed by atoms with E-state index in [4.69, 9.17) is 10.4 Å². The fraction of sp³-hybridized carbons (Fsp3) is 0.360. The fourth-order valence-corrected chi connectivity index (χ4v) is 3.05. The highest BCUT2D eigenvalue weighted by Gasteiger charge is 2.20. The number of nitrogens with zero attached hydrogens (tertiary/aromatic N) is 3. The Hall–Kier alpha value is -4.04. The number of aliphatic hydroxyl groups excluding tert-OH is 1. The maximum atomic E-state index is 14.0. The number of urea groups is 1. The van der Waals surface area contributed by atoms with E-state index in [1.54, 1.807) is 25.2 Å². The summed E-state index contributed by atoms with van der Waals surface area (Å²) in [5.74, 6) is -2.79. The van der Waals surface area contributed by atoms with Crippen molar-refractivity contribution in [1.29, 1.82) is 5.26 Å². The Morgan fingerprint density at radius 3 is 2.50 bits per heavy atom. The number of nitriles is 1. The molecule has 2 aromatic rings. The van der Waals surface area contributed by atoms with Crippen LogP contribution >= 0.6 is 0 Å². The summed E-state index contributed by atoms with van der Waals surface area (Å²) >= 11 is 0. The maximum absolute atomic E-state index is 14.0. The average molecular weight is 501 g/mol. The molecular formula is C25H30F2N6O3. The van der Waals surface area contributed by atoms with Crippen LogP contribution in [0, 0.1) is 28.4 Å². The number of amides is 3. The van der Waals surface area contributed by atoms with E-state index < -0.39 is 28.9 Å². The van der Waals surface area contributed by atoms with Gasteiger partial charge in [0.05, 0.1) is 29.0 Å². The van der Waals surface area contributed by atoms with Crippen LogP contribution in [0.1, 0.15) is 39.2 Å². The molecule has 11 heteroatoms. The molecule has 0 aliphatic rings. The summed E-state index contributed by atoms with van der Waals surface area (Å²) in [6, 6.07) is 7.90. The quantitative estimate of drug-likeness (QED) is 0.229. The Bertz CT molecular complexity index is 1170. The first-order valence-corrected chi connectivity index (χ1v) is 11.2. The van der Waals surface area contributed by atoms with Crippen molar-refractivity contribution < 1.29 is 23.5 Å². The van der Waals surface area contributed by atoms with E-state index in [1.165, 1.54) is 11.0 Å². The number of hydrogen-bond acceptors (Lipinski definition) is 6. The smallest absolute Gasteiger partial charge is 0.324 e. The van der Waals surface area contributed by atoms with Crippen molar-refractivity contribution in [2.45, 2.75) is 33.6 Å². The van der Waals surface area contributed by atoms with Crippen LogP contribution in [-0.4, -0.2) is 43.6 Å². The number of halogens is 2. The van der Waals surface area contributed by atoms with E-state index >= 15 is 0 Å². The predicted octanol–water partition coefficient (Wildman–Crippen LogP) is 4.51. The third kappa shape index (κ3) is 8.02. The van der Waals surface area contributed by atoms with Crippen LogP contribution in [0.4, 0.5) is 36.3 Å². The summed E-state index contributed by atoms with van der Waals surface area (Å²) in [7, 11) is 1.66. The van der Waals surface area contributed by atoms with E-state index in [2.05, 4.69) is 20.9 Å². The summed E-state index contributed by atoms with van der Waals surface area (Å²) in [5.41, 5.74) is 0.479. The zero-order chi connectivity index (χ0) is 26.9. The van der Waals surface area contributed by atoms with Crippen molar-refractivity contribution in [2.24, 2.45) is 10.4 Å². The van der Waals surface area contributed by atoms with Crippen molar-refractivity contribution in [3.8, 4) is 6.07 Å². The van der Waals surface area contributed by atoms with Crippen LogP contribution in [0.3, 0.4) is 0 Å². The molecule has 0 atom stereocenters. The molecule has 0 fully saturated rings. The van der Waals surface area contributed by atoms with Gasteiger partial charge in [0.2, 0.25) is 5.91 Å². The van der Waals surface area contributed by atoms with Gasteiger partial charge in [-0.3, -0.25) is 10.1 Å². The van der Waals surface area contributed by atoms with Gasteiger partial charge in [0.25, 0.3) is 0 Å². The molecule has 0 saturated carbocycles. The second kappa shape index (κ2) is 12.6. The molecule has 2 rings (SSSR count). The Labute approximate surface area is 208 Å². The highest BCUT2D eigenvalue weighted by molar-refractivity contribution is 5.97. The Balaban J connectivity index is 2.19. The number of benzene rings is 2. The molecule has 3 amide bonds. The molecule has 0 unspecified atom stereocenters. The average Bonchev–Trinajstić information content (AvgIpc) is 2.81. The van der Waals surface area contributed by atoms with Crippen LogP contribution in [0.15, 0.2) is 35.3 Å². The summed E-state index contributed by atoms with van der Waals surface area (Å²) in [4.78, 5) is 30.5. The molecule has 36 heavy (non-hydrogen) atoms. The molecule has 0 aliphatic carbocycles. The van der Waals surface area contributed by atoms with Gasteiger partial charge >= 0.3 is 6.03 Å². The van der Waals surface area contributed by atoms with E-state index in [1.807, 2.05) is 20.8 Å². The normalized spacial score (nSPS) is 11.2. The number of aliphatic hydroxyl groups is 1. The van der Waals surface area contributed by atoms with E-state index in [0.717, 1.165) is 18.5 Å². The van der Waals surface area contributed by atoms with Gasteiger partial charge in [-0.15, -0.1) is 0 Å². The van der Waals surface area contributed by atoms with Gasteiger partial charge in [-0.1, -0.05) is 20.8 Å². The van der Waals surface area contributed by atoms with E-state index in [-0.39, 0.29) is 17.9 Å². The molecule has 0 aromatic heterocycles. The minimum atomic E-state index is -1.36. The highest BCUT2D eigenvalue weighted by Crippen LogP contribution is 2.31. The lowest BCUT2D eigenvalue weighted by Gasteiger charge is -2.24. The van der Waals surface area contributed by atoms with E-state index in [9.17, 15) is 18.4 Å². The number of anilines is 3. The molecule has 0 bridgehead atoms. The summed E-state index contributed by atoms with van der Waals surface area (Å²) in [6.45, 7) is 6.38. The largest absolute Gasteiger partial charge is 0.396 e. The van der Waals surface area contributed by atoms with Gasteiger partial charge in [-0.05, 0) is 42.2 Å². The lowest BCUT2D eigenvalue weighted by atomic mass is 9.91. The van der Waals surface area contributed by atoms with Crippen LogP contribution in [0.5, 0.6) is 0 Å². The molecule has 2 aromatic carbocycles. The maximum Gasteiger partial charge on any atom is 0.324 e. The third-order valence-electron chi connectivity index (χ3n) is 4.92. The first kappa shape index (κ1) is 28.2. The SMILES string of the molecule is CN(C(=O)CC(C)(C)C)c1ccc(NCCCO)c(N=CNC(=O)Nc2ccc(C#N)c(F)c2F)c1. The van der Waals surface area contributed by atoms with Crippen LogP contribution < -0.4 is 20.9 Å². The van der Waals surface area contributed by atoms with Gasteiger partial charge in [0, 0.05) is 32.3 Å². The minimum Gasteiger partial charge on any atom is -0.396 e. The number of rotatable bonds is 9. The lowest BCUT2D eigenvalue weighted by Crippen LogP contribution is -2.29. The van der Waals surface area contributed by atoms with Crippen molar-refractivity contribution in [3.63, 3.8) is 0 Å². The highest BCUT2D eigenvalue weighted by atomic mass is 19.2. The van der Waals surface area contributed by atoms with Gasteiger partial charge in [-0.25, -0.2) is 18.6 Å². The van der Waals surface area contributed by atoms with Crippen LogP contribution in [0.2, 0.25) is 0 Å². The molecule has 0 saturated heterocycles. The summed E-state index contributed by atoms with van der Waals surface area (Å²) < 4.78 is 27.8. The molecular weight excluding hydrogens is 470 g/mol. The lowest BCUT2D eigenvalue weighted by molar-refractivity contribution is -0.120. The predicted molar refractivity (Wildman–Crippen MR) is 135 cm³/mol. The topological polar surface area (TPSA) is 130 Å². The first-order chi connectivity index (χ1) is 17.0. The molecule has 0 spiro atoms. The second-order valence-electron chi connectivity index (χ2n) is 9.15. The van der Waals surface area contributed by atoms with Crippen LogP contribution in [0.25, 0.3) is 0 Å². The summed E-state index contributed by atoms with van der Waals surface area (Å²) in [6.07, 6.45) is 1.91. The molecule has 0 radical (unpaired) electrons. The van der Waals surface area contributed by atoms with Gasteiger partial charge in [0.15, 0.2) is 11.6 Å². The van der Waals surface area contributed by atoms with Gasteiger partial charge in [0.1, 0.15) is 6.07 Å². The number of carbonyl (C=O) groups excluding carboxylic acids is 2. The van der Waals surface area contributed by atoms with Crippen molar-refractivity contribution in [2.75, 3.05) is 35.7 Å². The molecule has 4 N–H and O–H groups in total. The molecule has 192 valence electrons. The first-order valence-electron chi connectivity index (χ1n) is 11.2. The Morgan fingerprint density at radius 1 is 1.17 bits per heavy atom. The van der Waals surface area contributed by atoms with Crippen molar-refractivity contribution in [1.82, 2.24) is 5.32 Å². The van der Waals surface area contributed by atoms with Gasteiger partial charge < -0.3 is 20.6 Å². The monoisotopic (exact) mass is 500 g/mol.